The van der Waals surface area contributed by atoms with E-state index in [4.69, 9.17) is 33.2 Å². The molecular weight excluding hydrogens is 682 g/mol. The van der Waals surface area contributed by atoms with Gasteiger partial charge in [0.25, 0.3) is 12.3 Å². The molecule has 1 fully saturated rings. The highest BCUT2D eigenvalue weighted by Crippen LogP contribution is 2.41. The number of benzene rings is 2. The number of amidine groups is 1. The van der Waals surface area contributed by atoms with Gasteiger partial charge in [0.05, 0.1) is 17.3 Å². The predicted molar refractivity (Wildman–Crippen MR) is 181 cm³/mol. The van der Waals surface area contributed by atoms with Gasteiger partial charge in [-0.15, -0.1) is 0 Å². The quantitative estimate of drug-likeness (QED) is 0.101. The summed E-state index contributed by atoms with van der Waals surface area (Å²) < 4.78 is 58.5. The summed E-state index contributed by atoms with van der Waals surface area (Å²) >= 11 is 6.29. The molecule has 2 amide bonds. The Morgan fingerprint density at radius 1 is 1.16 bits per heavy atom. The summed E-state index contributed by atoms with van der Waals surface area (Å²) in [6.07, 6.45) is -0.524. The standard InChI is InChI=1S/C28H26ClF4N9O3.C5H12/c29-19-6-5-16(9-18(19)22(35)37-13-34)20(12-45-27(44)40-28(7-8-28)24(30)31)42-23(43)21(39-26(42)36)15-3-1-14(2-4-15)17-10-38-41(11-17)25(32)33;1-5(2,3)4/h1-6,9-11,13,20-21,24-25H,7-8,12H2,(H2,36,39)(H,40,44)(H3,34,35,37);1-4H3. The number of carbonyl (C=O) groups is 2. The molecule has 6 N–H and O–H groups in total. The summed E-state index contributed by atoms with van der Waals surface area (Å²) in [7, 11) is 0. The monoisotopic (exact) mass is 719 g/mol. The zero-order valence-electron chi connectivity index (χ0n) is 27.7. The topological polar surface area (TPSA) is 177 Å². The summed E-state index contributed by atoms with van der Waals surface area (Å²) in [5, 5.41) is 13.2. The average molecular weight is 720 g/mol. The van der Waals surface area contributed by atoms with Crippen molar-refractivity contribution in [3.8, 4) is 11.1 Å². The van der Waals surface area contributed by atoms with Gasteiger partial charge in [0.2, 0.25) is 0 Å². The largest absolute Gasteiger partial charge is 0.447 e. The molecule has 0 saturated heterocycles. The van der Waals surface area contributed by atoms with Crippen molar-refractivity contribution < 1.29 is 31.9 Å². The molecule has 0 bridgehead atoms. The third-order valence-corrected chi connectivity index (χ3v) is 7.77. The van der Waals surface area contributed by atoms with Crippen LogP contribution < -0.4 is 16.8 Å². The van der Waals surface area contributed by atoms with Crippen molar-refractivity contribution in [2.75, 3.05) is 6.61 Å². The van der Waals surface area contributed by atoms with Crippen LogP contribution in [-0.2, 0) is 9.53 Å². The van der Waals surface area contributed by atoms with Crippen molar-refractivity contribution >= 4 is 41.7 Å². The van der Waals surface area contributed by atoms with E-state index in [2.05, 4.69) is 48.1 Å². The molecule has 12 nitrogen and oxygen atoms in total. The van der Waals surface area contributed by atoms with Crippen molar-refractivity contribution in [3.05, 3.63) is 76.6 Å². The number of aromatic nitrogens is 2. The summed E-state index contributed by atoms with van der Waals surface area (Å²) in [5.74, 6) is -0.915. The molecule has 0 spiro atoms. The smallest absolute Gasteiger partial charge is 0.407 e. The number of nitrogens with zero attached hydrogens (tertiary/aromatic N) is 5. The van der Waals surface area contributed by atoms with E-state index in [1.165, 1.54) is 30.6 Å². The van der Waals surface area contributed by atoms with Crippen LogP contribution >= 0.6 is 11.6 Å². The lowest BCUT2D eigenvalue weighted by molar-refractivity contribution is -0.129. The third kappa shape index (κ3) is 9.16. The maximum Gasteiger partial charge on any atom is 0.407 e. The lowest BCUT2D eigenvalue weighted by Crippen LogP contribution is -2.45. The molecule has 0 radical (unpaired) electrons. The number of guanidine groups is 1. The van der Waals surface area contributed by atoms with Gasteiger partial charge in [0.1, 0.15) is 24.3 Å². The van der Waals surface area contributed by atoms with E-state index in [9.17, 15) is 27.2 Å². The SMILES string of the molecule is CC(C)(C)C.N=CN=C(N)c1cc(C(COC(=O)NC2(C(F)F)CC2)N2C(=O)C(c3ccc(-c4cnn(C(F)F)c4)cc3)N=C2N)ccc1Cl. The van der Waals surface area contributed by atoms with E-state index in [0.29, 0.717) is 32.4 Å². The zero-order chi connectivity index (χ0) is 37.0. The molecule has 2 aliphatic rings. The highest BCUT2D eigenvalue weighted by atomic mass is 35.5. The third-order valence-electron chi connectivity index (χ3n) is 7.44. The summed E-state index contributed by atoms with van der Waals surface area (Å²) in [4.78, 5) is 35.5. The Bertz CT molecular complexity index is 1760. The molecule has 268 valence electrons. The maximum atomic E-state index is 13.8. The van der Waals surface area contributed by atoms with Gasteiger partial charge in [0, 0.05) is 17.3 Å². The molecule has 2 unspecified atom stereocenters. The fourth-order valence-electron chi connectivity index (χ4n) is 4.81. The summed E-state index contributed by atoms with van der Waals surface area (Å²) in [6.45, 7) is 5.44. The van der Waals surface area contributed by atoms with Crippen molar-refractivity contribution in [2.24, 2.45) is 26.9 Å². The van der Waals surface area contributed by atoms with Crippen molar-refractivity contribution in [1.29, 1.82) is 5.41 Å². The fraction of sp³-hybridized carbons (Fsp3) is 0.394. The maximum absolute atomic E-state index is 13.8. The van der Waals surface area contributed by atoms with E-state index >= 15 is 0 Å². The lowest BCUT2D eigenvalue weighted by atomic mass is 10.00. The molecule has 5 rings (SSSR count). The highest BCUT2D eigenvalue weighted by molar-refractivity contribution is 6.34. The molecular formula is C33H38ClF4N9O3. The molecule has 50 heavy (non-hydrogen) atoms. The minimum atomic E-state index is -2.80. The van der Waals surface area contributed by atoms with Crippen LogP contribution in [0.25, 0.3) is 11.1 Å². The molecule has 3 aromatic rings. The lowest BCUT2D eigenvalue weighted by Gasteiger charge is -2.29. The number of halogens is 5. The first kappa shape index (κ1) is 37.8. The average Bonchev–Trinajstić information content (AvgIpc) is 3.53. The van der Waals surface area contributed by atoms with Gasteiger partial charge in [-0.25, -0.2) is 28.2 Å². The minimum absolute atomic E-state index is 0.0919. The van der Waals surface area contributed by atoms with Crippen LogP contribution in [0.1, 0.15) is 75.9 Å². The number of hydrogen-bond acceptors (Lipinski definition) is 7. The first-order chi connectivity index (χ1) is 23.4. The Balaban J connectivity index is 0.00000105. The number of ether oxygens (including phenoxy) is 1. The molecule has 1 aliphatic heterocycles. The fourth-order valence-corrected chi connectivity index (χ4v) is 5.02. The number of nitrogens with two attached hydrogens (primary N) is 2. The van der Waals surface area contributed by atoms with Crippen LogP contribution in [0.2, 0.25) is 5.02 Å². The second-order valence-electron chi connectivity index (χ2n) is 13.3. The number of rotatable bonds is 11. The van der Waals surface area contributed by atoms with E-state index in [-0.39, 0.29) is 35.2 Å². The van der Waals surface area contributed by atoms with Gasteiger partial charge in [-0.2, -0.15) is 13.9 Å². The second kappa shape index (κ2) is 15.3. The number of hydrogen-bond donors (Lipinski definition) is 4. The molecule has 1 aromatic heterocycles. The van der Waals surface area contributed by atoms with Crippen molar-refractivity contribution in [1.82, 2.24) is 20.0 Å². The van der Waals surface area contributed by atoms with Gasteiger partial charge in [0.15, 0.2) is 12.0 Å². The van der Waals surface area contributed by atoms with Gasteiger partial charge < -0.3 is 21.5 Å². The Hall–Kier alpha value is -4.99. The predicted octanol–water partition coefficient (Wildman–Crippen LogP) is 6.43. The molecule has 2 heterocycles. The van der Waals surface area contributed by atoms with E-state index in [1.807, 2.05) is 0 Å². The summed E-state index contributed by atoms with van der Waals surface area (Å²) in [6, 6.07) is 8.65. The summed E-state index contributed by atoms with van der Waals surface area (Å²) in [5.41, 5.74) is 13.0. The van der Waals surface area contributed by atoms with Gasteiger partial charge in [-0.05, 0) is 47.1 Å². The van der Waals surface area contributed by atoms with Gasteiger partial charge >= 0.3 is 12.6 Å². The second-order valence-corrected chi connectivity index (χ2v) is 13.7. The Morgan fingerprint density at radius 2 is 1.80 bits per heavy atom. The molecule has 2 aromatic carbocycles. The normalized spacial score (nSPS) is 17.6. The molecule has 17 heteroatoms. The Labute approximate surface area is 291 Å². The van der Waals surface area contributed by atoms with Crippen LogP contribution in [0, 0.1) is 10.8 Å². The van der Waals surface area contributed by atoms with Crippen LogP contribution in [0.15, 0.2) is 64.8 Å². The first-order valence-corrected chi connectivity index (χ1v) is 15.8. The number of nitrogens with one attached hydrogen (secondary N) is 2. The van der Waals surface area contributed by atoms with Crippen LogP contribution in [0.5, 0.6) is 0 Å². The first-order valence-electron chi connectivity index (χ1n) is 15.4. The Kier molecular flexibility index (Phi) is 11.6. The van der Waals surface area contributed by atoms with Gasteiger partial charge in [-0.3, -0.25) is 15.1 Å². The molecule has 1 saturated carbocycles. The van der Waals surface area contributed by atoms with Crippen LogP contribution in [0.3, 0.4) is 0 Å². The Morgan fingerprint density at radius 3 is 2.34 bits per heavy atom. The van der Waals surface area contributed by atoms with E-state index < -0.39 is 49.2 Å². The molecule has 1 aliphatic carbocycles. The number of alkyl carbamates (subject to hydrolysis) is 1. The van der Waals surface area contributed by atoms with Crippen molar-refractivity contribution in [2.45, 2.75) is 71.1 Å². The van der Waals surface area contributed by atoms with Crippen LogP contribution in [0.4, 0.5) is 22.4 Å². The van der Waals surface area contributed by atoms with E-state index in [0.717, 1.165) is 11.2 Å². The number of amides is 2. The number of alkyl halides is 4. The molecule has 2 atom stereocenters. The number of carbonyl (C=O) groups excluding carboxylic acids is 2. The van der Waals surface area contributed by atoms with Crippen molar-refractivity contribution in [3.63, 3.8) is 0 Å². The van der Waals surface area contributed by atoms with Crippen LogP contribution in [-0.4, -0.2) is 63.4 Å². The zero-order valence-corrected chi connectivity index (χ0v) is 28.5. The highest BCUT2D eigenvalue weighted by Gasteiger charge is 2.53. The van der Waals surface area contributed by atoms with E-state index in [1.54, 1.807) is 24.3 Å². The number of aliphatic imine (C=N–C) groups is 2. The minimum Gasteiger partial charge on any atom is -0.447 e. The van der Waals surface area contributed by atoms with Gasteiger partial charge in [-0.1, -0.05) is 69.6 Å².